The van der Waals surface area contributed by atoms with E-state index < -0.39 is 0 Å². The lowest BCUT2D eigenvalue weighted by Gasteiger charge is -2.54. The SMILES string of the molecule is Cc1cc(C)nc(-n2nc(C(=O)N3CC(C)(C)C3C3CC3)cc2C)n1. The molecule has 0 bridgehead atoms. The third-order valence-corrected chi connectivity index (χ3v) is 5.31. The van der Waals surface area contributed by atoms with Crippen LogP contribution >= 0.6 is 0 Å². The van der Waals surface area contributed by atoms with Gasteiger partial charge in [0.25, 0.3) is 11.9 Å². The van der Waals surface area contributed by atoms with Crippen molar-refractivity contribution in [2.45, 2.75) is 53.5 Å². The summed E-state index contributed by atoms with van der Waals surface area (Å²) in [7, 11) is 0. The van der Waals surface area contributed by atoms with Crippen molar-refractivity contribution < 1.29 is 4.79 Å². The van der Waals surface area contributed by atoms with Gasteiger partial charge in [-0.25, -0.2) is 14.6 Å². The van der Waals surface area contributed by atoms with Gasteiger partial charge in [0.2, 0.25) is 0 Å². The van der Waals surface area contributed by atoms with E-state index in [4.69, 9.17) is 0 Å². The van der Waals surface area contributed by atoms with Gasteiger partial charge in [-0.1, -0.05) is 13.8 Å². The highest BCUT2D eigenvalue weighted by Crippen LogP contribution is 2.50. The summed E-state index contributed by atoms with van der Waals surface area (Å²) < 4.78 is 1.67. The molecular formula is C19H25N5O. The summed E-state index contributed by atoms with van der Waals surface area (Å²) in [6.45, 7) is 11.1. The third-order valence-electron chi connectivity index (χ3n) is 5.31. The number of carbonyl (C=O) groups is 1. The van der Waals surface area contributed by atoms with Gasteiger partial charge in [-0.15, -0.1) is 0 Å². The maximum Gasteiger partial charge on any atom is 0.274 e. The maximum absolute atomic E-state index is 13.0. The molecule has 1 aliphatic carbocycles. The standard InChI is InChI=1S/C19H25N5O/c1-11-8-12(2)21-18(20-11)24-13(3)9-15(22-24)17(25)23-10-19(4,5)16(23)14-6-7-14/h8-9,14,16H,6-7,10H2,1-5H3. The quantitative estimate of drug-likeness (QED) is 0.862. The highest BCUT2D eigenvalue weighted by molar-refractivity contribution is 5.93. The molecule has 4 rings (SSSR count). The van der Waals surface area contributed by atoms with Gasteiger partial charge in [-0.2, -0.15) is 5.10 Å². The molecule has 0 spiro atoms. The molecule has 2 aliphatic rings. The average Bonchev–Trinajstić information content (AvgIpc) is 3.23. The zero-order chi connectivity index (χ0) is 17.9. The van der Waals surface area contributed by atoms with Crippen LogP contribution in [0.2, 0.25) is 0 Å². The van der Waals surface area contributed by atoms with Gasteiger partial charge in [-0.3, -0.25) is 4.79 Å². The Morgan fingerprint density at radius 1 is 1.12 bits per heavy atom. The van der Waals surface area contributed by atoms with Gasteiger partial charge in [-0.05, 0) is 51.7 Å². The Kier molecular flexibility index (Phi) is 3.49. The minimum Gasteiger partial charge on any atom is -0.333 e. The molecule has 1 amide bonds. The minimum atomic E-state index is 0.0300. The Labute approximate surface area is 148 Å². The summed E-state index contributed by atoms with van der Waals surface area (Å²) in [6, 6.07) is 4.12. The predicted octanol–water partition coefficient (Wildman–Crippen LogP) is 2.85. The van der Waals surface area contributed by atoms with Crippen LogP contribution in [-0.2, 0) is 0 Å². The second-order valence-electron chi connectivity index (χ2n) is 8.24. The van der Waals surface area contributed by atoms with E-state index >= 15 is 0 Å². The molecule has 3 heterocycles. The van der Waals surface area contributed by atoms with E-state index in [-0.39, 0.29) is 11.3 Å². The Hall–Kier alpha value is -2.24. The van der Waals surface area contributed by atoms with E-state index in [9.17, 15) is 4.79 Å². The number of hydrogen-bond donors (Lipinski definition) is 0. The van der Waals surface area contributed by atoms with Crippen LogP contribution in [0.1, 0.15) is 54.3 Å². The van der Waals surface area contributed by atoms with Crippen LogP contribution < -0.4 is 0 Å². The fourth-order valence-electron chi connectivity index (χ4n) is 4.17. The molecule has 2 aromatic heterocycles. The predicted molar refractivity (Wildman–Crippen MR) is 94.7 cm³/mol. The fraction of sp³-hybridized carbons (Fsp3) is 0.579. The Balaban J connectivity index is 1.63. The van der Waals surface area contributed by atoms with Crippen LogP contribution in [0.25, 0.3) is 5.95 Å². The van der Waals surface area contributed by atoms with Crippen LogP contribution in [0.4, 0.5) is 0 Å². The third kappa shape index (κ3) is 2.73. The molecule has 2 fully saturated rings. The van der Waals surface area contributed by atoms with Crippen molar-refractivity contribution in [1.82, 2.24) is 24.6 Å². The number of aryl methyl sites for hydroxylation is 3. The molecule has 25 heavy (non-hydrogen) atoms. The van der Waals surface area contributed by atoms with Crippen molar-refractivity contribution in [1.29, 1.82) is 0 Å². The number of carbonyl (C=O) groups excluding carboxylic acids is 1. The molecule has 6 heteroatoms. The first-order valence-electron chi connectivity index (χ1n) is 8.96. The van der Waals surface area contributed by atoms with Crippen molar-refractivity contribution in [3.63, 3.8) is 0 Å². The van der Waals surface area contributed by atoms with Crippen molar-refractivity contribution in [3.05, 3.63) is 34.9 Å². The minimum absolute atomic E-state index is 0.0300. The monoisotopic (exact) mass is 339 g/mol. The first kappa shape index (κ1) is 16.2. The number of nitrogens with zero attached hydrogens (tertiary/aromatic N) is 5. The van der Waals surface area contributed by atoms with E-state index in [0.717, 1.165) is 23.6 Å². The van der Waals surface area contributed by atoms with Crippen LogP contribution in [0, 0.1) is 32.1 Å². The van der Waals surface area contributed by atoms with Crippen LogP contribution in [0.5, 0.6) is 0 Å². The first-order chi connectivity index (χ1) is 11.8. The van der Waals surface area contributed by atoms with Gasteiger partial charge in [0.05, 0.1) is 0 Å². The Bertz CT molecular complexity index is 829. The second-order valence-corrected chi connectivity index (χ2v) is 8.24. The average molecular weight is 339 g/mol. The van der Waals surface area contributed by atoms with Crippen molar-refractivity contribution in [2.75, 3.05) is 6.54 Å². The van der Waals surface area contributed by atoms with Crippen LogP contribution in [0.15, 0.2) is 12.1 Å². The van der Waals surface area contributed by atoms with E-state index in [1.54, 1.807) is 4.68 Å². The summed E-state index contributed by atoms with van der Waals surface area (Å²) in [5.41, 5.74) is 3.36. The Morgan fingerprint density at radius 2 is 1.76 bits per heavy atom. The summed E-state index contributed by atoms with van der Waals surface area (Å²) in [4.78, 5) is 23.9. The van der Waals surface area contributed by atoms with Crippen LogP contribution in [0.3, 0.4) is 0 Å². The Morgan fingerprint density at radius 3 is 2.32 bits per heavy atom. The number of hydrogen-bond acceptors (Lipinski definition) is 4. The normalized spacial score (nSPS) is 22.0. The number of likely N-dealkylation sites (tertiary alicyclic amines) is 1. The largest absolute Gasteiger partial charge is 0.333 e. The van der Waals surface area contributed by atoms with E-state index in [1.807, 2.05) is 37.8 Å². The zero-order valence-electron chi connectivity index (χ0n) is 15.6. The molecule has 0 N–H and O–H groups in total. The highest BCUT2D eigenvalue weighted by atomic mass is 16.2. The molecule has 1 atom stereocenters. The van der Waals surface area contributed by atoms with E-state index in [0.29, 0.717) is 23.6 Å². The molecule has 6 nitrogen and oxygen atoms in total. The molecule has 1 aliphatic heterocycles. The van der Waals surface area contributed by atoms with Gasteiger partial charge in [0, 0.05) is 35.1 Å². The number of aromatic nitrogens is 4. The van der Waals surface area contributed by atoms with E-state index in [1.165, 1.54) is 12.8 Å². The molecular weight excluding hydrogens is 314 g/mol. The number of rotatable bonds is 3. The van der Waals surface area contributed by atoms with Gasteiger partial charge in [0.15, 0.2) is 5.69 Å². The molecule has 2 aromatic rings. The van der Waals surface area contributed by atoms with E-state index in [2.05, 4.69) is 28.9 Å². The van der Waals surface area contributed by atoms with Crippen molar-refractivity contribution in [3.8, 4) is 5.95 Å². The molecule has 1 unspecified atom stereocenters. The summed E-state index contributed by atoms with van der Waals surface area (Å²) in [6.07, 6.45) is 2.48. The zero-order valence-corrected chi connectivity index (χ0v) is 15.6. The topological polar surface area (TPSA) is 63.9 Å². The maximum atomic E-state index is 13.0. The van der Waals surface area contributed by atoms with Crippen LogP contribution in [-0.4, -0.2) is 43.1 Å². The highest BCUT2D eigenvalue weighted by Gasteiger charge is 2.54. The first-order valence-corrected chi connectivity index (χ1v) is 8.96. The second kappa shape index (κ2) is 5.38. The van der Waals surface area contributed by atoms with Gasteiger partial charge >= 0.3 is 0 Å². The fourth-order valence-corrected chi connectivity index (χ4v) is 4.17. The summed E-state index contributed by atoms with van der Waals surface area (Å²) in [5.74, 6) is 1.22. The molecule has 0 radical (unpaired) electrons. The summed E-state index contributed by atoms with van der Waals surface area (Å²) >= 11 is 0. The van der Waals surface area contributed by atoms with Crippen molar-refractivity contribution >= 4 is 5.91 Å². The van der Waals surface area contributed by atoms with Crippen molar-refractivity contribution in [2.24, 2.45) is 11.3 Å². The lowest BCUT2D eigenvalue weighted by Crippen LogP contribution is -2.64. The molecule has 132 valence electrons. The summed E-state index contributed by atoms with van der Waals surface area (Å²) in [5, 5.41) is 4.53. The lowest BCUT2D eigenvalue weighted by atomic mass is 9.72. The molecule has 0 aromatic carbocycles. The van der Waals surface area contributed by atoms with Gasteiger partial charge in [0.1, 0.15) is 0 Å². The lowest BCUT2D eigenvalue weighted by molar-refractivity contribution is -0.0413. The molecule has 1 saturated carbocycles. The number of amides is 1. The van der Waals surface area contributed by atoms with Gasteiger partial charge < -0.3 is 4.90 Å². The molecule has 1 saturated heterocycles. The smallest absolute Gasteiger partial charge is 0.274 e.